The molecule has 0 aromatic heterocycles. The van der Waals surface area contributed by atoms with Crippen molar-refractivity contribution in [1.82, 2.24) is 15.1 Å². The van der Waals surface area contributed by atoms with Crippen LogP contribution in [0.2, 0.25) is 0 Å². The standard InChI is InChI=1S/C19H27N3O3/c23-18(22-11-7-20-8-12-22)6-10-21-9-2-4-16(21)15-3-1-5-17-19(15)25-14-13-24-17/h1,3,5,16,20H,2,4,6-14H2. The van der Waals surface area contributed by atoms with Crippen molar-refractivity contribution in [1.29, 1.82) is 0 Å². The molecule has 1 atom stereocenters. The highest BCUT2D eigenvalue weighted by molar-refractivity contribution is 5.76. The maximum Gasteiger partial charge on any atom is 0.223 e. The molecule has 1 N–H and O–H groups in total. The first-order chi connectivity index (χ1) is 12.3. The third-order valence-corrected chi connectivity index (χ3v) is 5.40. The molecule has 0 aliphatic carbocycles. The van der Waals surface area contributed by atoms with Crippen molar-refractivity contribution in [3.8, 4) is 11.5 Å². The van der Waals surface area contributed by atoms with Gasteiger partial charge in [-0.2, -0.15) is 0 Å². The number of piperazine rings is 1. The van der Waals surface area contributed by atoms with Gasteiger partial charge in [0.05, 0.1) is 0 Å². The number of hydrogen-bond donors (Lipinski definition) is 1. The molecule has 3 heterocycles. The minimum atomic E-state index is 0.279. The second-order valence-corrected chi connectivity index (χ2v) is 6.95. The summed E-state index contributed by atoms with van der Waals surface area (Å²) in [6.07, 6.45) is 2.88. The number of para-hydroxylation sites is 1. The molecule has 136 valence electrons. The normalized spacial score (nSPS) is 23.7. The molecule has 2 fully saturated rings. The summed E-state index contributed by atoms with van der Waals surface area (Å²) < 4.78 is 11.6. The highest BCUT2D eigenvalue weighted by atomic mass is 16.6. The van der Waals surface area contributed by atoms with Crippen LogP contribution in [-0.2, 0) is 4.79 Å². The van der Waals surface area contributed by atoms with Crippen LogP contribution in [-0.4, -0.2) is 68.2 Å². The molecule has 0 radical (unpaired) electrons. The first-order valence-electron chi connectivity index (χ1n) is 9.44. The number of carbonyl (C=O) groups excluding carboxylic acids is 1. The van der Waals surface area contributed by atoms with Crippen molar-refractivity contribution >= 4 is 5.91 Å². The van der Waals surface area contributed by atoms with Gasteiger partial charge in [0.1, 0.15) is 13.2 Å². The maximum atomic E-state index is 12.5. The lowest BCUT2D eigenvalue weighted by Crippen LogP contribution is -2.47. The molecule has 0 bridgehead atoms. The number of rotatable bonds is 4. The zero-order valence-electron chi connectivity index (χ0n) is 14.7. The number of fused-ring (bicyclic) bond motifs is 1. The lowest BCUT2D eigenvalue weighted by molar-refractivity contribution is -0.132. The number of amides is 1. The van der Waals surface area contributed by atoms with Crippen LogP contribution < -0.4 is 14.8 Å². The molecule has 0 spiro atoms. The minimum absolute atomic E-state index is 0.279. The van der Waals surface area contributed by atoms with E-state index in [1.54, 1.807) is 0 Å². The van der Waals surface area contributed by atoms with Crippen LogP contribution in [0.4, 0.5) is 0 Å². The summed E-state index contributed by atoms with van der Waals surface area (Å²) in [5.41, 5.74) is 1.21. The summed E-state index contributed by atoms with van der Waals surface area (Å²) in [6, 6.07) is 6.50. The van der Waals surface area contributed by atoms with Gasteiger partial charge in [-0.05, 0) is 25.5 Å². The number of nitrogens with zero attached hydrogens (tertiary/aromatic N) is 2. The maximum absolute atomic E-state index is 12.5. The van der Waals surface area contributed by atoms with Gasteiger partial charge in [-0.15, -0.1) is 0 Å². The summed E-state index contributed by atoms with van der Waals surface area (Å²) >= 11 is 0. The number of likely N-dealkylation sites (tertiary alicyclic amines) is 1. The molecule has 1 unspecified atom stereocenters. The Balaban J connectivity index is 1.42. The van der Waals surface area contributed by atoms with Crippen molar-refractivity contribution in [2.75, 3.05) is 52.5 Å². The molecule has 1 aromatic carbocycles. The predicted molar refractivity (Wildman–Crippen MR) is 95.0 cm³/mol. The molecule has 6 heteroatoms. The van der Waals surface area contributed by atoms with Gasteiger partial charge in [-0.1, -0.05) is 12.1 Å². The number of hydrogen-bond acceptors (Lipinski definition) is 5. The number of nitrogens with one attached hydrogen (secondary N) is 1. The van der Waals surface area contributed by atoms with E-state index in [2.05, 4.69) is 16.3 Å². The van der Waals surface area contributed by atoms with E-state index < -0.39 is 0 Å². The van der Waals surface area contributed by atoms with E-state index in [4.69, 9.17) is 9.47 Å². The van der Waals surface area contributed by atoms with Crippen molar-refractivity contribution < 1.29 is 14.3 Å². The molecular formula is C19H27N3O3. The monoisotopic (exact) mass is 345 g/mol. The van der Waals surface area contributed by atoms with E-state index in [0.717, 1.165) is 63.6 Å². The lowest BCUT2D eigenvalue weighted by atomic mass is 10.0. The van der Waals surface area contributed by atoms with Crippen molar-refractivity contribution in [3.63, 3.8) is 0 Å². The molecule has 0 saturated carbocycles. The van der Waals surface area contributed by atoms with Crippen molar-refractivity contribution in [3.05, 3.63) is 23.8 Å². The van der Waals surface area contributed by atoms with Crippen LogP contribution in [0.3, 0.4) is 0 Å². The minimum Gasteiger partial charge on any atom is -0.486 e. The number of carbonyl (C=O) groups is 1. The first-order valence-corrected chi connectivity index (χ1v) is 9.44. The Kier molecular flexibility index (Phi) is 5.08. The Morgan fingerprint density at radius 2 is 2.00 bits per heavy atom. The Labute approximate surface area is 149 Å². The average molecular weight is 345 g/mol. The third kappa shape index (κ3) is 3.60. The van der Waals surface area contributed by atoms with Crippen LogP contribution in [0.1, 0.15) is 30.9 Å². The van der Waals surface area contributed by atoms with E-state index in [-0.39, 0.29) is 5.91 Å². The molecule has 25 heavy (non-hydrogen) atoms. The van der Waals surface area contributed by atoms with Crippen molar-refractivity contribution in [2.45, 2.75) is 25.3 Å². The van der Waals surface area contributed by atoms with Crippen LogP contribution in [0.15, 0.2) is 18.2 Å². The molecule has 1 amide bonds. The van der Waals surface area contributed by atoms with E-state index in [0.29, 0.717) is 25.7 Å². The van der Waals surface area contributed by atoms with Crippen LogP contribution >= 0.6 is 0 Å². The van der Waals surface area contributed by atoms with Gasteiger partial charge in [0.15, 0.2) is 11.5 Å². The Bertz CT molecular complexity index is 616. The molecular weight excluding hydrogens is 318 g/mol. The summed E-state index contributed by atoms with van der Waals surface area (Å²) in [4.78, 5) is 16.9. The summed E-state index contributed by atoms with van der Waals surface area (Å²) in [6.45, 7) is 6.57. The van der Waals surface area contributed by atoms with Gasteiger partial charge < -0.3 is 19.7 Å². The quantitative estimate of drug-likeness (QED) is 0.894. The topological polar surface area (TPSA) is 54.0 Å². The van der Waals surface area contributed by atoms with Crippen LogP contribution in [0.5, 0.6) is 11.5 Å². The van der Waals surface area contributed by atoms with E-state index >= 15 is 0 Å². The van der Waals surface area contributed by atoms with Gasteiger partial charge in [0.25, 0.3) is 0 Å². The second kappa shape index (κ2) is 7.62. The number of benzene rings is 1. The lowest BCUT2D eigenvalue weighted by Gasteiger charge is -2.30. The molecule has 2 saturated heterocycles. The molecule has 1 aromatic rings. The van der Waals surface area contributed by atoms with E-state index in [9.17, 15) is 4.79 Å². The average Bonchev–Trinajstić information content (AvgIpc) is 3.14. The van der Waals surface area contributed by atoms with Crippen molar-refractivity contribution in [2.24, 2.45) is 0 Å². The van der Waals surface area contributed by atoms with Gasteiger partial charge >= 0.3 is 0 Å². The van der Waals surface area contributed by atoms with Gasteiger partial charge in [0, 0.05) is 50.7 Å². The van der Waals surface area contributed by atoms with E-state index in [1.165, 1.54) is 5.56 Å². The fourth-order valence-corrected chi connectivity index (χ4v) is 4.12. The molecule has 6 nitrogen and oxygen atoms in total. The highest BCUT2D eigenvalue weighted by Crippen LogP contribution is 2.42. The summed E-state index contributed by atoms with van der Waals surface area (Å²) in [5, 5.41) is 3.29. The molecule has 3 aliphatic heterocycles. The van der Waals surface area contributed by atoms with Gasteiger partial charge in [0.2, 0.25) is 5.91 Å². The number of ether oxygens (including phenoxy) is 2. The van der Waals surface area contributed by atoms with Crippen LogP contribution in [0, 0.1) is 0 Å². The zero-order chi connectivity index (χ0) is 17.1. The smallest absolute Gasteiger partial charge is 0.223 e. The first kappa shape index (κ1) is 16.7. The molecule has 4 rings (SSSR count). The molecule has 3 aliphatic rings. The highest BCUT2D eigenvalue weighted by Gasteiger charge is 2.31. The SMILES string of the molecule is O=C(CCN1CCCC1c1cccc2c1OCCO2)N1CCNCC1. The fourth-order valence-electron chi connectivity index (χ4n) is 4.12. The van der Waals surface area contributed by atoms with E-state index in [1.807, 2.05) is 17.0 Å². The second-order valence-electron chi connectivity index (χ2n) is 6.95. The Morgan fingerprint density at radius 3 is 2.88 bits per heavy atom. The third-order valence-electron chi connectivity index (χ3n) is 5.40. The summed E-state index contributed by atoms with van der Waals surface area (Å²) in [7, 11) is 0. The fraction of sp³-hybridized carbons (Fsp3) is 0.632. The Hall–Kier alpha value is -1.79. The predicted octanol–water partition coefficient (Wildman–Crippen LogP) is 1.42. The van der Waals surface area contributed by atoms with Gasteiger partial charge in [-0.3, -0.25) is 9.69 Å². The Morgan fingerprint density at radius 1 is 1.16 bits per heavy atom. The summed E-state index contributed by atoms with van der Waals surface area (Å²) in [5.74, 6) is 2.04. The van der Waals surface area contributed by atoms with Crippen LogP contribution in [0.25, 0.3) is 0 Å². The zero-order valence-corrected chi connectivity index (χ0v) is 14.7. The largest absolute Gasteiger partial charge is 0.486 e. The van der Waals surface area contributed by atoms with Gasteiger partial charge in [-0.25, -0.2) is 0 Å².